The molecular formula is C21H41NO4S. The number of benzene rings is 1. The van der Waals surface area contributed by atoms with Crippen molar-refractivity contribution in [2.45, 2.75) is 58.3 Å². The number of nitrogens with zero attached hydrogens (tertiary/aromatic N) is 1. The summed E-state index contributed by atoms with van der Waals surface area (Å²) in [5.74, 6) is 0.439. The van der Waals surface area contributed by atoms with E-state index in [0.29, 0.717) is 17.6 Å². The topological polar surface area (TPSA) is 55.8 Å². The molecule has 160 valence electrons. The molecule has 1 aromatic rings. The first kappa shape index (κ1) is 28.3. The molecule has 0 unspecified atom stereocenters. The van der Waals surface area contributed by atoms with Gasteiger partial charge in [0.15, 0.2) is 9.84 Å². The predicted molar refractivity (Wildman–Crippen MR) is 115 cm³/mol. The second-order valence-corrected chi connectivity index (χ2v) is 8.72. The van der Waals surface area contributed by atoms with Crippen LogP contribution in [-0.4, -0.2) is 60.2 Å². The van der Waals surface area contributed by atoms with E-state index in [1.807, 2.05) is 12.1 Å². The van der Waals surface area contributed by atoms with Crippen molar-refractivity contribution in [1.29, 1.82) is 0 Å². The quantitative estimate of drug-likeness (QED) is 0.446. The van der Waals surface area contributed by atoms with Gasteiger partial charge in [-0.2, -0.15) is 0 Å². The third kappa shape index (κ3) is 16.9. The molecule has 0 saturated carbocycles. The fourth-order valence-electron chi connectivity index (χ4n) is 1.62. The summed E-state index contributed by atoms with van der Waals surface area (Å²) in [4.78, 5) is 2.58. The molecule has 0 radical (unpaired) electrons. The van der Waals surface area contributed by atoms with E-state index in [2.05, 4.69) is 46.6 Å². The fourth-order valence-corrected chi connectivity index (χ4v) is 2.25. The Kier molecular flexibility index (Phi) is 18.0. The number of likely N-dealkylation sites (N-methyl/N-ethyl adjacent to an activating group) is 1. The molecule has 0 aliphatic heterocycles. The predicted octanol–water partition coefficient (Wildman–Crippen LogP) is 4.58. The minimum atomic E-state index is -3.05. The van der Waals surface area contributed by atoms with Gasteiger partial charge in [0.25, 0.3) is 0 Å². The molecule has 0 aliphatic rings. The van der Waals surface area contributed by atoms with Gasteiger partial charge >= 0.3 is 0 Å². The van der Waals surface area contributed by atoms with Crippen LogP contribution in [0.2, 0.25) is 0 Å². The van der Waals surface area contributed by atoms with Gasteiger partial charge in [-0.25, -0.2) is 8.42 Å². The lowest BCUT2D eigenvalue weighted by Crippen LogP contribution is -2.22. The van der Waals surface area contributed by atoms with Crippen molar-refractivity contribution in [2.75, 3.05) is 46.9 Å². The SMILES string of the molecule is CC(C)c1ccc(S(C)(=O)=O)cc1.CCCC.CCN(C)CCOCOC. The average Bonchev–Trinajstić information content (AvgIpc) is 2.65. The molecule has 0 fully saturated rings. The molecule has 0 aromatic heterocycles. The van der Waals surface area contributed by atoms with Gasteiger partial charge < -0.3 is 14.4 Å². The Bertz CT molecular complexity index is 540. The monoisotopic (exact) mass is 403 g/mol. The van der Waals surface area contributed by atoms with E-state index in [4.69, 9.17) is 9.47 Å². The fraction of sp³-hybridized carbons (Fsp3) is 0.714. The molecule has 0 bridgehead atoms. The number of rotatable bonds is 9. The van der Waals surface area contributed by atoms with Crippen LogP contribution in [0, 0.1) is 0 Å². The Morgan fingerprint density at radius 3 is 1.89 bits per heavy atom. The maximum atomic E-state index is 11.1. The zero-order valence-corrected chi connectivity index (χ0v) is 19.4. The highest BCUT2D eigenvalue weighted by molar-refractivity contribution is 7.90. The number of sulfone groups is 1. The average molecular weight is 404 g/mol. The van der Waals surface area contributed by atoms with E-state index in [9.17, 15) is 8.42 Å². The van der Waals surface area contributed by atoms with Gasteiger partial charge in [-0.1, -0.05) is 59.6 Å². The molecule has 0 saturated heterocycles. The minimum Gasteiger partial charge on any atom is -0.359 e. The molecule has 0 spiro atoms. The van der Waals surface area contributed by atoms with Crippen LogP contribution in [-0.2, 0) is 19.3 Å². The van der Waals surface area contributed by atoms with Crippen LogP contribution in [0.25, 0.3) is 0 Å². The Morgan fingerprint density at radius 2 is 1.56 bits per heavy atom. The summed E-state index contributed by atoms with van der Waals surface area (Å²) < 4.78 is 32.0. The Morgan fingerprint density at radius 1 is 1.04 bits per heavy atom. The first-order valence-electron chi connectivity index (χ1n) is 9.69. The summed E-state index contributed by atoms with van der Waals surface area (Å²) in [5.41, 5.74) is 1.16. The van der Waals surface area contributed by atoms with Crippen LogP contribution in [0.5, 0.6) is 0 Å². The highest BCUT2D eigenvalue weighted by Crippen LogP contribution is 2.16. The maximum Gasteiger partial charge on any atom is 0.175 e. The zero-order valence-electron chi connectivity index (χ0n) is 18.6. The molecule has 6 heteroatoms. The van der Waals surface area contributed by atoms with E-state index in [0.717, 1.165) is 25.3 Å². The number of methoxy groups -OCH3 is 1. The normalized spacial score (nSPS) is 10.9. The van der Waals surface area contributed by atoms with Gasteiger partial charge in [0.05, 0.1) is 11.5 Å². The van der Waals surface area contributed by atoms with Crippen LogP contribution in [0.4, 0.5) is 0 Å². The Labute approximate surface area is 168 Å². The molecule has 0 aliphatic carbocycles. The summed E-state index contributed by atoms with van der Waals surface area (Å²) in [6.07, 6.45) is 3.86. The first-order chi connectivity index (χ1) is 12.6. The van der Waals surface area contributed by atoms with Gasteiger partial charge in [0, 0.05) is 19.9 Å². The molecule has 0 heterocycles. The van der Waals surface area contributed by atoms with Crippen molar-refractivity contribution in [2.24, 2.45) is 0 Å². The van der Waals surface area contributed by atoms with Crippen molar-refractivity contribution < 1.29 is 17.9 Å². The van der Waals surface area contributed by atoms with E-state index in [1.54, 1.807) is 19.2 Å². The summed E-state index contributed by atoms with van der Waals surface area (Å²) in [5, 5.41) is 0. The second-order valence-electron chi connectivity index (χ2n) is 6.71. The van der Waals surface area contributed by atoms with Crippen LogP contribution in [0.1, 0.15) is 58.9 Å². The largest absolute Gasteiger partial charge is 0.359 e. The lowest BCUT2D eigenvalue weighted by atomic mass is 10.0. The van der Waals surface area contributed by atoms with Gasteiger partial charge in [-0.3, -0.25) is 0 Å². The van der Waals surface area contributed by atoms with Gasteiger partial charge in [-0.15, -0.1) is 0 Å². The van der Waals surface area contributed by atoms with Crippen LogP contribution in [0.15, 0.2) is 29.2 Å². The highest BCUT2D eigenvalue weighted by atomic mass is 32.2. The molecule has 0 N–H and O–H groups in total. The van der Waals surface area contributed by atoms with Crippen LogP contribution in [0.3, 0.4) is 0 Å². The smallest absolute Gasteiger partial charge is 0.175 e. The molecule has 1 aromatic carbocycles. The van der Waals surface area contributed by atoms with Crippen molar-refractivity contribution >= 4 is 9.84 Å². The van der Waals surface area contributed by atoms with Gasteiger partial charge in [0.2, 0.25) is 0 Å². The summed E-state index contributed by atoms with van der Waals surface area (Å²) in [6.45, 7) is 13.8. The maximum absolute atomic E-state index is 11.1. The summed E-state index contributed by atoms with van der Waals surface area (Å²) >= 11 is 0. The number of hydrogen-bond acceptors (Lipinski definition) is 5. The van der Waals surface area contributed by atoms with E-state index in [1.165, 1.54) is 19.1 Å². The Balaban J connectivity index is 0. The molecular weight excluding hydrogens is 362 g/mol. The summed E-state index contributed by atoms with van der Waals surface area (Å²) in [6, 6.07) is 7.04. The van der Waals surface area contributed by atoms with E-state index in [-0.39, 0.29) is 0 Å². The van der Waals surface area contributed by atoms with E-state index >= 15 is 0 Å². The summed E-state index contributed by atoms with van der Waals surface area (Å²) in [7, 11) is 0.649. The standard InChI is InChI=1S/C10H14O2S.C7H17NO2.C4H10/c1-8(2)9-4-6-10(7-5-9)13(3,11)12;1-4-8(2)5-6-10-7-9-3;1-3-4-2/h4-8H,1-3H3;4-7H2,1-3H3;3-4H2,1-2H3. The molecule has 0 amide bonds. The van der Waals surface area contributed by atoms with E-state index < -0.39 is 9.84 Å². The Hall–Kier alpha value is -0.950. The minimum absolute atomic E-state index is 0.386. The van der Waals surface area contributed by atoms with Gasteiger partial charge in [-0.05, 0) is 37.2 Å². The highest BCUT2D eigenvalue weighted by Gasteiger charge is 2.06. The molecule has 5 nitrogen and oxygen atoms in total. The van der Waals surface area contributed by atoms with Crippen LogP contribution < -0.4 is 0 Å². The van der Waals surface area contributed by atoms with Crippen molar-refractivity contribution in [3.05, 3.63) is 29.8 Å². The third-order valence-corrected chi connectivity index (χ3v) is 4.96. The first-order valence-corrected chi connectivity index (χ1v) is 11.6. The molecule has 1 rings (SSSR count). The lowest BCUT2D eigenvalue weighted by molar-refractivity contribution is -0.0348. The van der Waals surface area contributed by atoms with Crippen molar-refractivity contribution in [3.63, 3.8) is 0 Å². The number of ether oxygens (including phenoxy) is 2. The lowest BCUT2D eigenvalue weighted by Gasteiger charge is -2.12. The second kappa shape index (κ2) is 17.2. The number of unbranched alkanes of at least 4 members (excludes halogenated alkanes) is 1. The molecule has 27 heavy (non-hydrogen) atoms. The zero-order chi connectivity index (χ0) is 21.3. The van der Waals surface area contributed by atoms with Crippen LogP contribution >= 0.6 is 0 Å². The number of hydrogen-bond donors (Lipinski definition) is 0. The van der Waals surface area contributed by atoms with Gasteiger partial charge in [0.1, 0.15) is 6.79 Å². The van der Waals surface area contributed by atoms with Crippen molar-refractivity contribution in [3.8, 4) is 0 Å². The van der Waals surface area contributed by atoms with Crippen molar-refractivity contribution in [1.82, 2.24) is 4.90 Å². The molecule has 0 atom stereocenters. The third-order valence-electron chi connectivity index (χ3n) is 3.83.